The van der Waals surface area contributed by atoms with E-state index in [2.05, 4.69) is 24.1 Å². The van der Waals surface area contributed by atoms with Gasteiger partial charge in [0.2, 0.25) is 0 Å². The van der Waals surface area contributed by atoms with Crippen LogP contribution in [0.2, 0.25) is 0 Å². The van der Waals surface area contributed by atoms with Gasteiger partial charge in [-0.15, -0.1) is 0 Å². The topological polar surface area (TPSA) is 15.3 Å². The maximum Gasteiger partial charge on any atom is 0.00684 e. The fourth-order valence-electron chi connectivity index (χ4n) is 2.63. The molecule has 1 saturated carbocycles. The van der Waals surface area contributed by atoms with Crippen LogP contribution in [0.5, 0.6) is 0 Å². The molecular formula is C14H28N2. The lowest BCUT2D eigenvalue weighted by molar-refractivity contribution is 0.134. The van der Waals surface area contributed by atoms with Crippen LogP contribution < -0.4 is 5.32 Å². The van der Waals surface area contributed by atoms with Gasteiger partial charge in [0, 0.05) is 19.1 Å². The van der Waals surface area contributed by atoms with Crippen molar-refractivity contribution in [3.05, 3.63) is 0 Å². The van der Waals surface area contributed by atoms with Crippen LogP contribution in [0.15, 0.2) is 0 Å². The van der Waals surface area contributed by atoms with Crippen LogP contribution in [-0.4, -0.2) is 37.1 Å². The highest BCUT2D eigenvalue weighted by molar-refractivity contribution is 4.87. The van der Waals surface area contributed by atoms with Crippen LogP contribution in [0.25, 0.3) is 0 Å². The predicted octanol–water partition coefficient (Wildman–Crippen LogP) is 2.64. The Balaban J connectivity index is 1.76. The molecule has 0 aromatic heterocycles. The molecule has 2 aliphatic rings. The first-order valence-electron chi connectivity index (χ1n) is 7.18. The molecule has 0 radical (unpaired) electrons. The van der Waals surface area contributed by atoms with Gasteiger partial charge < -0.3 is 10.2 Å². The second-order valence-corrected chi connectivity index (χ2v) is 6.16. The Morgan fingerprint density at radius 2 is 1.88 bits per heavy atom. The molecular weight excluding hydrogens is 196 g/mol. The summed E-state index contributed by atoms with van der Waals surface area (Å²) in [6.07, 6.45) is 8.38. The molecule has 1 atom stereocenters. The molecule has 0 bridgehead atoms. The zero-order chi connectivity index (χ0) is 11.4. The van der Waals surface area contributed by atoms with E-state index in [0.29, 0.717) is 5.41 Å². The van der Waals surface area contributed by atoms with Crippen LogP contribution >= 0.6 is 0 Å². The largest absolute Gasteiger partial charge is 0.313 e. The SMILES string of the molecule is CCC(C)(CNC1CC1)CN1CCCCC1. The van der Waals surface area contributed by atoms with Crippen LogP contribution in [-0.2, 0) is 0 Å². The van der Waals surface area contributed by atoms with E-state index in [9.17, 15) is 0 Å². The van der Waals surface area contributed by atoms with Crippen molar-refractivity contribution in [1.82, 2.24) is 10.2 Å². The van der Waals surface area contributed by atoms with E-state index in [1.807, 2.05) is 0 Å². The fourth-order valence-corrected chi connectivity index (χ4v) is 2.63. The molecule has 1 aliphatic heterocycles. The van der Waals surface area contributed by atoms with E-state index in [1.54, 1.807) is 0 Å². The number of nitrogens with zero attached hydrogens (tertiary/aromatic N) is 1. The minimum absolute atomic E-state index is 0.486. The Hall–Kier alpha value is -0.0800. The molecule has 2 fully saturated rings. The van der Waals surface area contributed by atoms with Crippen LogP contribution in [0.1, 0.15) is 52.4 Å². The third-order valence-corrected chi connectivity index (χ3v) is 4.30. The van der Waals surface area contributed by atoms with Crippen molar-refractivity contribution in [2.45, 2.75) is 58.4 Å². The van der Waals surface area contributed by atoms with Crippen molar-refractivity contribution in [1.29, 1.82) is 0 Å². The van der Waals surface area contributed by atoms with Crippen molar-refractivity contribution >= 4 is 0 Å². The maximum atomic E-state index is 3.71. The first kappa shape index (κ1) is 12.4. The summed E-state index contributed by atoms with van der Waals surface area (Å²) >= 11 is 0. The van der Waals surface area contributed by atoms with E-state index >= 15 is 0 Å². The molecule has 1 saturated heterocycles. The second-order valence-electron chi connectivity index (χ2n) is 6.16. The molecule has 2 nitrogen and oxygen atoms in total. The average molecular weight is 224 g/mol. The number of nitrogens with one attached hydrogen (secondary N) is 1. The minimum Gasteiger partial charge on any atom is -0.313 e. The van der Waals surface area contributed by atoms with Crippen molar-refractivity contribution in [3.63, 3.8) is 0 Å². The van der Waals surface area contributed by atoms with Gasteiger partial charge in [-0.1, -0.05) is 20.3 Å². The normalized spacial score (nSPS) is 26.6. The quantitative estimate of drug-likeness (QED) is 0.746. The summed E-state index contributed by atoms with van der Waals surface area (Å²) < 4.78 is 0. The molecule has 0 amide bonds. The minimum atomic E-state index is 0.486. The molecule has 0 aromatic carbocycles. The van der Waals surface area contributed by atoms with E-state index < -0.39 is 0 Å². The summed E-state index contributed by atoms with van der Waals surface area (Å²) in [5, 5.41) is 3.71. The van der Waals surface area contributed by atoms with Gasteiger partial charge in [-0.2, -0.15) is 0 Å². The highest BCUT2D eigenvalue weighted by Gasteiger charge is 2.29. The van der Waals surface area contributed by atoms with Gasteiger partial charge >= 0.3 is 0 Å². The van der Waals surface area contributed by atoms with Crippen molar-refractivity contribution in [3.8, 4) is 0 Å². The summed E-state index contributed by atoms with van der Waals surface area (Å²) in [6.45, 7) is 9.97. The summed E-state index contributed by atoms with van der Waals surface area (Å²) in [7, 11) is 0. The molecule has 0 spiro atoms. The number of piperidine rings is 1. The van der Waals surface area contributed by atoms with Gasteiger partial charge in [-0.25, -0.2) is 0 Å². The van der Waals surface area contributed by atoms with E-state index in [4.69, 9.17) is 0 Å². The highest BCUT2D eigenvalue weighted by Crippen LogP contribution is 2.26. The van der Waals surface area contributed by atoms with Crippen LogP contribution in [0, 0.1) is 5.41 Å². The number of hydrogen-bond acceptors (Lipinski definition) is 2. The molecule has 16 heavy (non-hydrogen) atoms. The standard InChI is InChI=1S/C14H28N2/c1-3-14(2,11-15-13-7-8-13)12-16-9-5-4-6-10-16/h13,15H,3-12H2,1-2H3. The summed E-state index contributed by atoms with van der Waals surface area (Å²) in [4.78, 5) is 2.68. The van der Waals surface area contributed by atoms with Crippen molar-refractivity contribution in [2.24, 2.45) is 5.41 Å². The van der Waals surface area contributed by atoms with Crippen molar-refractivity contribution < 1.29 is 0 Å². The van der Waals surface area contributed by atoms with Gasteiger partial charge in [0.15, 0.2) is 0 Å². The van der Waals surface area contributed by atoms with E-state index in [0.717, 1.165) is 6.04 Å². The second kappa shape index (κ2) is 5.50. The molecule has 1 N–H and O–H groups in total. The number of hydrogen-bond donors (Lipinski definition) is 1. The van der Waals surface area contributed by atoms with Gasteiger partial charge in [0.1, 0.15) is 0 Å². The third kappa shape index (κ3) is 3.74. The number of likely N-dealkylation sites (tertiary alicyclic amines) is 1. The lowest BCUT2D eigenvalue weighted by Gasteiger charge is -2.37. The summed E-state index contributed by atoms with van der Waals surface area (Å²) in [6, 6.07) is 0.854. The Morgan fingerprint density at radius 1 is 1.19 bits per heavy atom. The molecule has 1 aliphatic carbocycles. The van der Waals surface area contributed by atoms with E-state index in [1.165, 1.54) is 64.7 Å². The molecule has 2 heteroatoms. The van der Waals surface area contributed by atoms with E-state index in [-0.39, 0.29) is 0 Å². The third-order valence-electron chi connectivity index (χ3n) is 4.30. The average Bonchev–Trinajstić information content (AvgIpc) is 3.12. The first-order valence-corrected chi connectivity index (χ1v) is 7.18. The Labute approximate surface area is 101 Å². The van der Waals surface area contributed by atoms with Gasteiger partial charge in [0.05, 0.1) is 0 Å². The van der Waals surface area contributed by atoms with Gasteiger partial charge in [-0.05, 0) is 50.6 Å². The van der Waals surface area contributed by atoms with Gasteiger partial charge in [0.25, 0.3) is 0 Å². The molecule has 0 aromatic rings. The Bertz CT molecular complexity index is 207. The maximum absolute atomic E-state index is 3.71. The van der Waals surface area contributed by atoms with Crippen molar-refractivity contribution in [2.75, 3.05) is 26.2 Å². The fraction of sp³-hybridized carbons (Fsp3) is 1.00. The highest BCUT2D eigenvalue weighted by atomic mass is 15.1. The predicted molar refractivity (Wildman–Crippen MR) is 69.7 cm³/mol. The first-order chi connectivity index (χ1) is 7.72. The Morgan fingerprint density at radius 3 is 2.44 bits per heavy atom. The molecule has 1 heterocycles. The summed E-state index contributed by atoms with van der Waals surface area (Å²) in [5.74, 6) is 0. The molecule has 2 rings (SSSR count). The summed E-state index contributed by atoms with van der Waals surface area (Å²) in [5.41, 5.74) is 0.486. The Kier molecular flexibility index (Phi) is 4.26. The van der Waals surface area contributed by atoms with Crippen LogP contribution in [0.4, 0.5) is 0 Å². The van der Waals surface area contributed by atoms with Gasteiger partial charge in [-0.3, -0.25) is 0 Å². The monoisotopic (exact) mass is 224 g/mol. The number of rotatable bonds is 6. The lowest BCUT2D eigenvalue weighted by atomic mass is 9.86. The lowest BCUT2D eigenvalue weighted by Crippen LogP contribution is -2.44. The smallest absolute Gasteiger partial charge is 0.00684 e. The van der Waals surface area contributed by atoms with Crippen LogP contribution in [0.3, 0.4) is 0 Å². The molecule has 94 valence electrons. The molecule has 1 unspecified atom stereocenters. The zero-order valence-corrected chi connectivity index (χ0v) is 11.1. The zero-order valence-electron chi connectivity index (χ0n) is 11.1.